The molecule has 0 spiro atoms. The van der Waals surface area contributed by atoms with Gasteiger partial charge in [-0.2, -0.15) is 0 Å². The molecule has 0 radical (unpaired) electrons. The monoisotopic (exact) mass is 454 g/mol. The molecule has 1 unspecified atom stereocenters. The largest absolute Gasteiger partial charge is 0.419 e. The number of hydrogen-bond donors (Lipinski definition) is 1. The summed E-state index contributed by atoms with van der Waals surface area (Å²) in [5.74, 6) is 0.181. The van der Waals surface area contributed by atoms with E-state index in [1.54, 1.807) is 24.3 Å². The standard InChI is InChI=1S/C22H23FN6O4/c1-15(21(30)24-18-4-2-3-17(23)13-18)28-11-9-27(10-12-28)14-20-25-26-22(33-20)16-5-7-19(8-6-16)29(31)32/h2-8,13,15H,9-12,14H2,1H3,(H,24,30). The second-order valence-corrected chi connectivity index (χ2v) is 7.79. The predicted octanol–water partition coefficient (Wildman–Crippen LogP) is 2.93. The summed E-state index contributed by atoms with van der Waals surface area (Å²) in [7, 11) is 0. The normalized spacial score (nSPS) is 15.8. The molecule has 2 aromatic carbocycles. The second-order valence-electron chi connectivity index (χ2n) is 7.79. The minimum Gasteiger partial charge on any atom is -0.419 e. The highest BCUT2D eigenvalue weighted by molar-refractivity contribution is 5.94. The molecule has 4 rings (SSSR count). The Kier molecular flexibility index (Phi) is 6.71. The highest BCUT2D eigenvalue weighted by Gasteiger charge is 2.26. The number of nitrogens with one attached hydrogen (secondary N) is 1. The zero-order valence-corrected chi connectivity index (χ0v) is 18.0. The molecule has 1 amide bonds. The van der Waals surface area contributed by atoms with Crippen molar-refractivity contribution in [1.29, 1.82) is 0 Å². The number of halogens is 1. The van der Waals surface area contributed by atoms with E-state index in [2.05, 4.69) is 25.3 Å². The van der Waals surface area contributed by atoms with Crippen molar-refractivity contribution in [2.24, 2.45) is 0 Å². The number of nitro groups is 1. The Morgan fingerprint density at radius 3 is 2.58 bits per heavy atom. The summed E-state index contributed by atoms with van der Waals surface area (Å²) in [5, 5.41) is 21.7. The predicted molar refractivity (Wildman–Crippen MR) is 118 cm³/mol. The number of benzene rings is 2. The van der Waals surface area contributed by atoms with Crippen molar-refractivity contribution < 1.29 is 18.5 Å². The highest BCUT2D eigenvalue weighted by Crippen LogP contribution is 2.22. The lowest BCUT2D eigenvalue weighted by molar-refractivity contribution is -0.384. The van der Waals surface area contributed by atoms with Gasteiger partial charge in [-0.05, 0) is 37.3 Å². The molecule has 1 saturated heterocycles. The number of nitrogens with zero attached hydrogens (tertiary/aromatic N) is 5. The number of nitro benzene ring substituents is 1. The van der Waals surface area contributed by atoms with Gasteiger partial charge in [-0.3, -0.25) is 24.7 Å². The van der Waals surface area contributed by atoms with Crippen LogP contribution in [0.4, 0.5) is 15.8 Å². The lowest BCUT2D eigenvalue weighted by Gasteiger charge is -2.36. The Labute approximate surface area is 189 Å². The molecular weight excluding hydrogens is 431 g/mol. The molecule has 1 N–H and O–H groups in total. The smallest absolute Gasteiger partial charge is 0.269 e. The Bertz CT molecular complexity index is 1130. The molecular formula is C22H23FN6O4. The first-order chi connectivity index (χ1) is 15.9. The maximum absolute atomic E-state index is 13.3. The molecule has 0 aliphatic carbocycles. The van der Waals surface area contributed by atoms with Gasteiger partial charge in [-0.15, -0.1) is 10.2 Å². The number of rotatable bonds is 7. The van der Waals surface area contributed by atoms with E-state index in [9.17, 15) is 19.3 Å². The first-order valence-corrected chi connectivity index (χ1v) is 10.5. The average molecular weight is 454 g/mol. The third-order valence-corrected chi connectivity index (χ3v) is 5.58. The molecule has 33 heavy (non-hydrogen) atoms. The number of non-ortho nitro benzene ring substituents is 1. The minimum atomic E-state index is -0.464. The zero-order chi connectivity index (χ0) is 23.4. The maximum atomic E-state index is 13.3. The van der Waals surface area contributed by atoms with Gasteiger partial charge in [0.2, 0.25) is 17.7 Å². The minimum absolute atomic E-state index is 0.00444. The summed E-state index contributed by atoms with van der Waals surface area (Å²) in [5.41, 5.74) is 1.04. The molecule has 0 saturated carbocycles. The molecule has 3 aromatic rings. The number of carbonyl (C=O) groups is 1. The van der Waals surface area contributed by atoms with Crippen molar-refractivity contribution in [3.8, 4) is 11.5 Å². The summed E-state index contributed by atoms with van der Waals surface area (Å²) >= 11 is 0. The lowest BCUT2D eigenvalue weighted by atomic mass is 10.2. The van der Waals surface area contributed by atoms with Gasteiger partial charge in [-0.1, -0.05) is 6.07 Å². The number of hydrogen-bond acceptors (Lipinski definition) is 8. The van der Waals surface area contributed by atoms with Gasteiger partial charge >= 0.3 is 0 Å². The van der Waals surface area contributed by atoms with Crippen molar-refractivity contribution in [2.45, 2.75) is 19.5 Å². The van der Waals surface area contributed by atoms with E-state index >= 15 is 0 Å². The number of amides is 1. The highest BCUT2D eigenvalue weighted by atomic mass is 19.1. The fraction of sp³-hybridized carbons (Fsp3) is 0.318. The first-order valence-electron chi connectivity index (χ1n) is 10.5. The quantitative estimate of drug-likeness (QED) is 0.428. The molecule has 2 heterocycles. The number of aromatic nitrogens is 2. The summed E-state index contributed by atoms with van der Waals surface area (Å²) in [4.78, 5) is 27.1. The summed E-state index contributed by atoms with van der Waals surface area (Å²) in [6.07, 6.45) is 0. The van der Waals surface area contributed by atoms with Gasteiger partial charge < -0.3 is 9.73 Å². The fourth-order valence-corrected chi connectivity index (χ4v) is 3.64. The van der Waals surface area contributed by atoms with E-state index in [1.165, 1.54) is 24.3 Å². The van der Waals surface area contributed by atoms with Gasteiger partial charge in [0.05, 0.1) is 17.5 Å². The lowest BCUT2D eigenvalue weighted by Crippen LogP contribution is -2.52. The maximum Gasteiger partial charge on any atom is 0.269 e. The van der Waals surface area contributed by atoms with Gasteiger partial charge in [-0.25, -0.2) is 4.39 Å². The molecule has 1 fully saturated rings. The molecule has 172 valence electrons. The summed E-state index contributed by atoms with van der Waals surface area (Å²) in [6.45, 7) is 5.10. The van der Waals surface area contributed by atoms with Crippen LogP contribution in [-0.2, 0) is 11.3 Å². The van der Waals surface area contributed by atoms with Gasteiger partial charge in [0.25, 0.3) is 5.69 Å². The van der Waals surface area contributed by atoms with E-state index in [-0.39, 0.29) is 17.6 Å². The van der Waals surface area contributed by atoms with E-state index in [1.807, 2.05) is 6.92 Å². The third kappa shape index (κ3) is 5.57. The molecule has 11 heteroatoms. The molecule has 1 aliphatic heterocycles. The SMILES string of the molecule is CC(C(=O)Nc1cccc(F)c1)N1CCN(Cc2nnc(-c3ccc([N+](=O)[O-])cc3)o2)CC1. The van der Waals surface area contributed by atoms with Crippen molar-refractivity contribution >= 4 is 17.3 Å². The van der Waals surface area contributed by atoms with Crippen LogP contribution >= 0.6 is 0 Å². The molecule has 0 bridgehead atoms. The van der Waals surface area contributed by atoms with E-state index in [4.69, 9.17) is 4.42 Å². The molecule has 10 nitrogen and oxygen atoms in total. The van der Waals surface area contributed by atoms with Crippen LogP contribution in [0.5, 0.6) is 0 Å². The van der Waals surface area contributed by atoms with Crippen LogP contribution in [0.2, 0.25) is 0 Å². The van der Waals surface area contributed by atoms with Crippen LogP contribution in [0.25, 0.3) is 11.5 Å². The van der Waals surface area contributed by atoms with Crippen LogP contribution in [0.3, 0.4) is 0 Å². The number of piperazine rings is 1. The van der Waals surface area contributed by atoms with Crippen LogP contribution in [0.1, 0.15) is 12.8 Å². The average Bonchev–Trinajstić information content (AvgIpc) is 3.27. The Hall–Kier alpha value is -3.70. The Morgan fingerprint density at radius 2 is 1.91 bits per heavy atom. The fourth-order valence-electron chi connectivity index (χ4n) is 3.64. The van der Waals surface area contributed by atoms with Crippen molar-refractivity contribution in [3.05, 3.63) is 70.4 Å². The van der Waals surface area contributed by atoms with Crippen molar-refractivity contribution in [3.63, 3.8) is 0 Å². The van der Waals surface area contributed by atoms with Gasteiger partial charge in [0, 0.05) is 49.6 Å². The van der Waals surface area contributed by atoms with E-state index < -0.39 is 10.7 Å². The third-order valence-electron chi connectivity index (χ3n) is 5.58. The topological polar surface area (TPSA) is 118 Å². The Balaban J connectivity index is 1.28. The van der Waals surface area contributed by atoms with Gasteiger partial charge in [0.15, 0.2) is 0 Å². The first kappa shape index (κ1) is 22.5. The van der Waals surface area contributed by atoms with Crippen LogP contribution in [0.15, 0.2) is 52.9 Å². The Morgan fingerprint density at radius 1 is 1.18 bits per heavy atom. The zero-order valence-electron chi connectivity index (χ0n) is 18.0. The molecule has 1 atom stereocenters. The number of carbonyl (C=O) groups excluding carboxylic acids is 1. The van der Waals surface area contributed by atoms with Crippen molar-refractivity contribution in [1.82, 2.24) is 20.0 Å². The van der Waals surface area contributed by atoms with E-state index in [0.29, 0.717) is 55.8 Å². The molecule has 1 aliphatic rings. The van der Waals surface area contributed by atoms with Crippen LogP contribution < -0.4 is 5.32 Å². The van der Waals surface area contributed by atoms with Crippen LogP contribution in [0, 0.1) is 15.9 Å². The summed E-state index contributed by atoms with van der Waals surface area (Å²) in [6, 6.07) is 11.4. The second kappa shape index (κ2) is 9.84. The van der Waals surface area contributed by atoms with Crippen molar-refractivity contribution in [2.75, 3.05) is 31.5 Å². The summed E-state index contributed by atoms with van der Waals surface area (Å²) < 4.78 is 19.0. The van der Waals surface area contributed by atoms with Gasteiger partial charge in [0.1, 0.15) is 5.82 Å². The van der Waals surface area contributed by atoms with Crippen LogP contribution in [-0.4, -0.2) is 63.0 Å². The molecule has 1 aromatic heterocycles. The van der Waals surface area contributed by atoms with E-state index in [0.717, 1.165) is 0 Å². The number of anilines is 1.